The van der Waals surface area contributed by atoms with E-state index < -0.39 is 11.7 Å². The maximum atomic E-state index is 11.1. The van der Waals surface area contributed by atoms with Gasteiger partial charge >= 0.3 is 5.97 Å². The first-order valence-electron chi connectivity index (χ1n) is 6.82. The van der Waals surface area contributed by atoms with Crippen LogP contribution in [0.25, 0.3) is 6.08 Å². The molecule has 9 heteroatoms. The lowest BCUT2D eigenvalue weighted by atomic mass is 10.2. The maximum absolute atomic E-state index is 11.1. The molecule has 2 rings (SSSR count). The van der Waals surface area contributed by atoms with Crippen LogP contribution in [0.3, 0.4) is 0 Å². The van der Waals surface area contributed by atoms with Crippen molar-refractivity contribution in [3.05, 3.63) is 56.8 Å². The van der Waals surface area contributed by atoms with Gasteiger partial charge < -0.3 is 9.84 Å². The second-order valence-electron chi connectivity index (χ2n) is 4.55. The number of hydrogen-bond donors (Lipinski definition) is 2. The molecule has 0 amide bonds. The zero-order valence-corrected chi connectivity index (χ0v) is 15.1. The molecule has 2 aromatic rings. The van der Waals surface area contributed by atoms with Crippen molar-refractivity contribution in [1.82, 2.24) is 4.98 Å². The Morgan fingerprint density at radius 2 is 2.00 bits per heavy atom. The van der Waals surface area contributed by atoms with Gasteiger partial charge in [0.05, 0.1) is 12.8 Å². The highest BCUT2D eigenvalue weighted by atomic mass is 35.5. The Kier molecular flexibility index (Phi) is 6.64. The highest BCUT2D eigenvalue weighted by molar-refractivity contribution is 6.46. The molecule has 0 bridgehead atoms. The molecule has 0 fully saturated rings. The number of aromatic carboxylic acids is 1. The van der Waals surface area contributed by atoms with Crippen LogP contribution in [0.2, 0.25) is 15.2 Å². The van der Waals surface area contributed by atoms with Gasteiger partial charge in [0.2, 0.25) is 0 Å². The number of carbonyl (C=O) groups is 1. The summed E-state index contributed by atoms with van der Waals surface area (Å²) in [6.07, 6.45) is 4.89. The van der Waals surface area contributed by atoms with E-state index in [1.165, 1.54) is 6.21 Å². The fraction of sp³-hybridized carbons (Fsp3) is 0.0625. The number of halogens is 3. The summed E-state index contributed by atoms with van der Waals surface area (Å²) >= 11 is 17.8. The van der Waals surface area contributed by atoms with Gasteiger partial charge in [-0.05, 0) is 18.2 Å². The average Bonchev–Trinajstić information content (AvgIpc) is 2.60. The summed E-state index contributed by atoms with van der Waals surface area (Å²) < 4.78 is 5.23. The molecule has 1 aromatic heterocycles. The SMILES string of the molecule is COc1ccccc1/C=C/C=NNc1c(Cl)c(Cl)nc(C(=O)O)c1Cl. The summed E-state index contributed by atoms with van der Waals surface area (Å²) in [5, 5.41) is 12.6. The van der Waals surface area contributed by atoms with E-state index >= 15 is 0 Å². The number of pyridine rings is 1. The molecule has 130 valence electrons. The fourth-order valence-electron chi connectivity index (χ4n) is 1.85. The lowest BCUT2D eigenvalue weighted by Gasteiger charge is -2.09. The molecule has 0 saturated heterocycles. The molecule has 1 heterocycles. The first kappa shape index (κ1) is 19.1. The molecule has 0 radical (unpaired) electrons. The van der Waals surface area contributed by atoms with E-state index in [0.29, 0.717) is 0 Å². The minimum Gasteiger partial charge on any atom is -0.496 e. The van der Waals surface area contributed by atoms with Crippen LogP contribution in [-0.2, 0) is 0 Å². The Morgan fingerprint density at radius 1 is 1.28 bits per heavy atom. The summed E-state index contributed by atoms with van der Waals surface area (Å²) in [5.41, 5.74) is 3.08. The zero-order valence-electron chi connectivity index (χ0n) is 12.8. The normalized spacial score (nSPS) is 11.2. The van der Waals surface area contributed by atoms with E-state index in [2.05, 4.69) is 15.5 Å². The van der Waals surface area contributed by atoms with E-state index in [4.69, 9.17) is 44.6 Å². The molecule has 0 spiro atoms. The van der Waals surface area contributed by atoms with Crippen LogP contribution in [0, 0.1) is 0 Å². The Morgan fingerprint density at radius 3 is 2.68 bits per heavy atom. The molecule has 0 aliphatic rings. The maximum Gasteiger partial charge on any atom is 0.356 e. The lowest BCUT2D eigenvalue weighted by molar-refractivity contribution is 0.0691. The van der Waals surface area contributed by atoms with Crippen LogP contribution in [-0.4, -0.2) is 29.4 Å². The number of nitrogens with zero attached hydrogens (tertiary/aromatic N) is 2. The third-order valence-corrected chi connectivity index (χ3v) is 4.10. The van der Waals surface area contributed by atoms with Crippen molar-refractivity contribution in [2.75, 3.05) is 12.5 Å². The van der Waals surface area contributed by atoms with Gasteiger partial charge in [-0.15, -0.1) is 0 Å². The molecule has 0 atom stereocenters. The number of ether oxygens (including phenoxy) is 1. The van der Waals surface area contributed by atoms with Crippen molar-refractivity contribution < 1.29 is 14.6 Å². The van der Waals surface area contributed by atoms with Crippen molar-refractivity contribution in [2.24, 2.45) is 5.10 Å². The standard InChI is InChI=1S/C16H12Cl3N3O3/c1-25-10-7-3-2-5-9(10)6-4-8-20-22-13-11(17)14(16(23)24)21-15(19)12(13)18/h2-8H,1H3,(H,21,22)(H,23,24)/b6-4+,20-8?. The fourth-order valence-corrected chi connectivity index (χ4v) is 2.52. The summed E-state index contributed by atoms with van der Waals surface area (Å²) in [7, 11) is 1.58. The number of carboxylic acids is 1. The van der Waals surface area contributed by atoms with Crippen LogP contribution >= 0.6 is 34.8 Å². The molecular formula is C16H12Cl3N3O3. The van der Waals surface area contributed by atoms with Gasteiger partial charge in [-0.25, -0.2) is 9.78 Å². The van der Waals surface area contributed by atoms with Gasteiger partial charge in [-0.1, -0.05) is 53.0 Å². The number of nitrogens with one attached hydrogen (secondary N) is 1. The number of anilines is 1. The Balaban J connectivity index is 2.17. The molecular weight excluding hydrogens is 389 g/mol. The average molecular weight is 401 g/mol. The van der Waals surface area contributed by atoms with Crippen molar-refractivity contribution in [3.63, 3.8) is 0 Å². The van der Waals surface area contributed by atoms with E-state index in [-0.39, 0.29) is 20.9 Å². The number of aromatic nitrogens is 1. The van der Waals surface area contributed by atoms with Gasteiger partial charge in [0.15, 0.2) is 10.8 Å². The van der Waals surface area contributed by atoms with Crippen LogP contribution in [0.5, 0.6) is 5.75 Å². The number of methoxy groups -OCH3 is 1. The molecule has 1 aromatic carbocycles. The van der Waals surface area contributed by atoms with Crippen molar-refractivity contribution in [1.29, 1.82) is 0 Å². The Bertz CT molecular complexity index is 854. The van der Waals surface area contributed by atoms with Crippen molar-refractivity contribution in [2.45, 2.75) is 0 Å². The Hall–Kier alpha value is -2.28. The number of rotatable bonds is 6. The largest absolute Gasteiger partial charge is 0.496 e. The number of carboxylic acid groups (broad SMARTS) is 1. The number of benzene rings is 1. The van der Waals surface area contributed by atoms with Gasteiger partial charge in [0.25, 0.3) is 0 Å². The molecule has 6 nitrogen and oxygen atoms in total. The van der Waals surface area contributed by atoms with Crippen LogP contribution in [0.1, 0.15) is 16.1 Å². The second kappa shape index (κ2) is 8.71. The summed E-state index contributed by atoms with van der Waals surface area (Å²) in [5.74, 6) is -0.607. The van der Waals surface area contributed by atoms with Crippen molar-refractivity contribution >= 4 is 58.8 Å². The number of hydrogen-bond acceptors (Lipinski definition) is 5. The van der Waals surface area contributed by atoms with Crippen LogP contribution in [0.15, 0.2) is 35.4 Å². The lowest BCUT2D eigenvalue weighted by Crippen LogP contribution is -2.05. The molecule has 0 saturated carbocycles. The van der Waals surface area contributed by atoms with E-state index in [1.807, 2.05) is 24.3 Å². The molecule has 25 heavy (non-hydrogen) atoms. The third-order valence-electron chi connectivity index (χ3n) is 2.99. The van der Waals surface area contributed by atoms with Crippen LogP contribution < -0.4 is 10.2 Å². The summed E-state index contributed by atoms with van der Waals surface area (Å²) in [6, 6.07) is 7.46. The first-order valence-corrected chi connectivity index (χ1v) is 7.95. The summed E-state index contributed by atoms with van der Waals surface area (Å²) in [6.45, 7) is 0. The van der Waals surface area contributed by atoms with Gasteiger partial charge in [-0.2, -0.15) is 5.10 Å². The highest BCUT2D eigenvalue weighted by Gasteiger charge is 2.20. The predicted octanol–water partition coefficient (Wildman–Crippen LogP) is 4.86. The number of allylic oxidation sites excluding steroid dienone is 1. The van der Waals surface area contributed by atoms with E-state index in [9.17, 15) is 4.79 Å². The molecule has 0 aliphatic heterocycles. The number of para-hydroxylation sites is 1. The molecule has 2 N–H and O–H groups in total. The second-order valence-corrected chi connectivity index (χ2v) is 5.66. The molecule has 0 aliphatic carbocycles. The molecule has 0 unspecified atom stereocenters. The van der Waals surface area contributed by atoms with E-state index in [1.54, 1.807) is 19.3 Å². The first-order chi connectivity index (χ1) is 12.0. The minimum atomic E-state index is -1.33. The smallest absolute Gasteiger partial charge is 0.356 e. The van der Waals surface area contributed by atoms with Crippen LogP contribution in [0.4, 0.5) is 5.69 Å². The topological polar surface area (TPSA) is 83.8 Å². The van der Waals surface area contributed by atoms with E-state index in [0.717, 1.165) is 11.3 Å². The quantitative estimate of drug-likeness (QED) is 0.411. The minimum absolute atomic E-state index is 0.0254. The highest BCUT2D eigenvalue weighted by Crippen LogP contribution is 2.36. The Labute approximate surface area is 158 Å². The van der Waals surface area contributed by atoms with Gasteiger partial charge in [0.1, 0.15) is 15.8 Å². The van der Waals surface area contributed by atoms with Gasteiger partial charge in [-0.3, -0.25) is 5.43 Å². The van der Waals surface area contributed by atoms with Gasteiger partial charge in [0, 0.05) is 11.8 Å². The monoisotopic (exact) mass is 399 g/mol. The summed E-state index contributed by atoms with van der Waals surface area (Å²) in [4.78, 5) is 14.7. The third kappa shape index (κ3) is 4.63. The van der Waals surface area contributed by atoms with Crippen molar-refractivity contribution in [3.8, 4) is 5.75 Å². The zero-order chi connectivity index (χ0) is 18.4. The number of hydrazone groups is 1. The predicted molar refractivity (Wildman–Crippen MR) is 100 cm³/mol.